The summed E-state index contributed by atoms with van der Waals surface area (Å²) in [6.45, 7) is 5.93. The van der Waals surface area contributed by atoms with Crippen LogP contribution in [0.15, 0.2) is 35.3 Å². The number of aryl methyl sites for hydroxylation is 1. The molecule has 1 aromatic heterocycles. The number of nitrogens with two attached hydrogens (primary N) is 1. The number of aromatic nitrogens is 2. The number of nitrogen functional groups attached to an aromatic ring is 1. The summed E-state index contributed by atoms with van der Waals surface area (Å²) >= 11 is 0. The van der Waals surface area contributed by atoms with Crippen molar-refractivity contribution in [2.24, 2.45) is 10.4 Å². The zero-order valence-corrected chi connectivity index (χ0v) is 17.8. The number of benzene rings is 1. The van der Waals surface area contributed by atoms with Crippen molar-refractivity contribution in [3.8, 4) is 11.8 Å². The number of hydrogen-bond acceptors (Lipinski definition) is 4. The third kappa shape index (κ3) is 4.00. The predicted molar refractivity (Wildman–Crippen MR) is 119 cm³/mol. The molecule has 1 aliphatic carbocycles. The maximum Gasteiger partial charge on any atom is 0.193 e. The number of guanidine groups is 1. The Hall–Kier alpha value is -3.01. The Morgan fingerprint density at radius 3 is 2.73 bits per heavy atom. The van der Waals surface area contributed by atoms with E-state index >= 15 is 0 Å². The first-order chi connectivity index (χ1) is 14.7. The van der Waals surface area contributed by atoms with Crippen LogP contribution in [-0.2, 0) is 6.42 Å². The lowest BCUT2D eigenvalue weighted by Crippen LogP contribution is -2.42. The van der Waals surface area contributed by atoms with E-state index in [1.54, 1.807) is 4.68 Å². The summed E-state index contributed by atoms with van der Waals surface area (Å²) in [6, 6.07) is 11.9. The van der Waals surface area contributed by atoms with Gasteiger partial charge in [0.1, 0.15) is 17.5 Å². The second-order valence-corrected chi connectivity index (χ2v) is 8.43. The second kappa shape index (κ2) is 8.78. The van der Waals surface area contributed by atoms with Gasteiger partial charge in [-0.1, -0.05) is 24.6 Å². The lowest BCUT2D eigenvalue weighted by atomic mass is 9.68. The van der Waals surface area contributed by atoms with Gasteiger partial charge in [-0.3, -0.25) is 4.99 Å². The SMILES string of the molecule is CCNC(=NCCCc1nn(-c2ccccc2)c(N)c1C#N)N1CCC2(CCC2)C1. The molecular weight excluding hydrogens is 374 g/mol. The molecule has 30 heavy (non-hydrogen) atoms. The quantitative estimate of drug-likeness (QED) is 0.437. The number of nitriles is 1. The third-order valence-corrected chi connectivity index (χ3v) is 6.43. The van der Waals surface area contributed by atoms with Crippen molar-refractivity contribution in [3.05, 3.63) is 41.6 Å². The number of aliphatic imine (C=N–C) groups is 1. The number of anilines is 1. The molecule has 2 heterocycles. The molecule has 2 fully saturated rings. The maximum absolute atomic E-state index is 9.57. The molecule has 4 rings (SSSR count). The lowest BCUT2D eigenvalue weighted by Gasteiger charge is -2.38. The van der Waals surface area contributed by atoms with Crippen molar-refractivity contribution in [3.63, 3.8) is 0 Å². The molecule has 0 bridgehead atoms. The Bertz CT molecular complexity index is 934. The molecule has 2 aliphatic rings. The number of rotatable bonds is 6. The molecule has 1 aromatic carbocycles. The van der Waals surface area contributed by atoms with Gasteiger partial charge in [0.05, 0.1) is 11.4 Å². The molecule has 158 valence electrons. The molecule has 0 unspecified atom stereocenters. The smallest absolute Gasteiger partial charge is 0.193 e. The summed E-state index contributed by atoms with van der Waals surface area (Å²) in [5, 5.41) is 17.6. The average molecular weight is 406 g/mol. The monoisotopic (exact) mass is 405 g/mol. The summed E-state index contributed by atoms with van der Waals surface area (Å²) in [6.07, 6.45) is 6.91. The molecule has 3 N–H and O–H groups in total. The molecule has 1 saturated heterocycles. The average Bonchev–Trinajstić information content (AvgIpc) is 3.33. The highest BCUT2D eigenvalue weighted by Gasteiger charge is 2.43. The standard InChI is InChI=1S/C23H31N7/c1-2-26-22(29-15-13-23(17-29)11-7-12-23)27-14-6-10-20-19(16-24)21(25)30(28-20)18-8-4-3-5-9-18/h3-5,8-9H,2,6-7,10-15,17,25H2,1H3,(H,26,27). The van der Waals surface area contributed by atoms with Crippen LogP contribution in [0.4, 0.5) is 5.82 Å². The molecule has 7 heteroatoms. The highest BCUT2D eigenvalue weighted by Crippen LogP contribution is 2.47. The number of para-hydroxylation sites is 1. The fraction of sp³-hybridized carbons (Fsp3) is 0.522. The molecule has 1 spiro atoms. The van der Waals surface area contributed by atoms with Crippen molar-refractivity contribution in [1.29, 1.82) is 5.26 Å². The van der Waals surface area contributed by atoms with Crippen LogP contribution in [0, 0.1) is 16.7 Å². The van der Waals surface area contributed by atoms with Gasteiger partial charge in [0.25, 0.3) is 0 Å². The minimum Gasteiger partial charge on any atom is -0.382 e. The first-order valence-electron chi connectivity index (χ1n) is 11.0. The zero-order chi connectivity index (χ0) is 21.0. The first kappa shape index (κ1) is 20.3. The molecule has 0 radical (unpaired) electrons. The first-order valence-corrected chi connectivity index (χ1v) is 11.0. The molecule has 1 saturated carbocycles. The number of likely N-dealkylation sites (tertiary alicyclic amines) is 1. The second-order valence-electron chi connectivity index (χ2n) is 8.43. The van der Waals surface area contributed by atoms with E-state index in [1.165, 1.54) is 25.7 Å². The molecule has 1 aliphatic heterocycles. The predicted octanol–water partition coefficient (Wildman–Crippen LogP) is 3.10. The zero-order valence-electron chi connectivity index (χ0n) is 17.8. The van der Waals surface area contributed by atoms with E-state index in [2.05, 4.69) is 28.3 Å². The van der Waals surface area contributed by atoms with E-state index in [9.17, 15) is 5.26 Å². The number of hydrogen-bond donors (Lipinski definition) is 2. The maximum atomic E-state index is 9.57. The molecule has 2 aromatic rings. The van der Waals surface area contributed by atoms with Crippen LogP contribution >= 0.6 is 0 Å². The summed E-state index contributed by atoms with van der Waals surface area (Å²) in [4.78, 5) is 7.28. The van der Waals surface area contributed by atoms with Gasteiger partial charge in [-0.15, -0.1) is 0 Å². The fourth-order valence-electron chi connectivity index (χ4n) is 4.60. The normalized spacial score (nSPS) is 17.7. The van der Waals surface area contributed by atoms with Gasteiger partial charge in [0.15, 0.2) is 5.96 Å². The van der Waals surface area contributed by atoms with Crippen LogP contribution in [0.3, 0.4) is 0 Å². The molecule has 0 amide bonds. The minimum atomic E-state index is 0.401. The van der Waals surface area contributed by atoms with Gasteiger partial charge in [0, 0.05) is 26.2 Å². The van der Waals surface area contributed by atoms with Crippen LogP contribution < -0.4 is 11.1 Å². The van der Waals surface area contributed by atoms with Crippen LogP contribution in [0.5, 0.6) is 0 Å². The van der Waals surface area contributed by atoms with E-state index in [4.69, 9.17) is 10.7 Å². The number of nitrogens with zero attached hydrogens (tertiary/aromatic N) is 5. The van der Waals surface area contributed by atoms with E-state index < -0.39 is 0 Å². The largest absolute Gasteiger partial charge is 0.382 e. The Morgan fingerprint density at radius 2 is 2.10 bits per heavy atom. The third-order valence-electron chi connectivity index (χ3n) is 6.43. The van der Waals surface area contributed by atoms with Crippen LogP contribution in [0.2, 0.25) is 0 Å². The van der Waals surface area contributed by atoms with Gasteiger partial charge >= 0.3 is 0 Å². The molecule has 7 nitrogen and oxygen atoms in total. The van der Waals surface area contributed by atoms with Gasteiger partial charge in [-0.05, 0) is 56.6 Å². The summed E-state index contributed by atoms with van der Waals surface area (Å²) in [5.41, 5.74) is 8.84. The Labute approximate surface area is 178 Å². The van der Waals surface area contributed by atoms with Crippen molar-refractivity contribution in [2.45, 2.75) is 45.4 Å². The van der Waals surface area contributed by atoms with Crippen molar-refractivity contribution in [1.82, 2.24) is 20.0 Å². The lowest BCUT2D eigenvalue weighted by molar-refractivity contribution is 0.151. The van der Waals surface area contributed by atoms with Gasteiger partial charge < -0.3 is 16.0 Å². The van der Waals surface area contributed by atoms with Crippen molar-refractivity contribution < 1.29 is 0 Å². The Morgan fingerprint density at radius 1 is 1.30 bits per heavy atom. The van der Waals surface area contributed by atoms with E-state index in [1.807, 2.05) is 30.3 Å². The van der Waals surface area contributed by atoms with E-state index in [0.29, 0.717) is 29.8 Å². The minimum absolute atomic E-state index is 0.401. The highest BCUT2D eigenvalue weighted by molar-refractivity contribution is 5.80. The number of nitrogens with one attached hydrogen (secondary N) is 1. The van der Waals surface area contributed by atoms with Crippen LogP contribution in [0.1, 0.15) is 50.3 Å². The van der Waals surface area contributed by atoms with Crippen LogP contribution in [0.25, 0.3) is 5.69 Å². The van der Waals surface area contributed by atoms with Gasteiger partial charge in [-0.25, -0.2) is 4.68 Å². The van der Waals surface area contributed by atoms with E-state index in [-0.39, 0.29) is 0 Å². The Kier molecular flexibility index (Phi) is 5.93. The van der Waals surface area contributed by atoms with Crippen molar-refractivity contribution >= 4 is 11.8 Å². The van der Waals surface area contributed by atoms with Crippen LogP contribution in [-0.4, -0.2) is 46.8 Å². The van der Waals surface area contributed by atoms with E-state index in [0.717, 1.165) is 43.4 Å². The molecular formula is C23H31N7. The summed E-state index contributed by atoms with van der Waals surface area (Å²) in [5.74, 6) is 1.43. The summed E-state index contributed by atoms with van der Waals surface area (Å²) in [7, 11) is 0. The topological polar surface area (TPSA) is 95.3 Å². The van der Waals surface area contributed by atoms with Gasteiger partial charge in [-0.2, -0.15) is 10.4 Å². The van der Waals surface area contributed by atoms with Crippen molar-refractivity contribution in [2.75, 3.05) is 31.9 Å². The highest BCUT2D eigenvalue weighted by atomic mass is 15.3. The molecule has 0 atom stereocenters. The van der Waals surface area contributed by atoms with Gasteiger partial charge in [0.2, 0.25) is 0 Å². The summed E-state index contributed by atoms with van der Waals surface area (Å²) < 4.78 is 1.66. The Balaban J connectivity index is 1.40. The fourth-order valence-corrected chi connectivity index (χ4v) is 4.60.